The molecule has 2 aromatic rings. The van der Waals surface area contributed by atoms with E-state index in [-0.39, 0.29) is 10.2 Å². The van der Waals surface area contributed by atoms with E-state index in [4.69, 9.17) is 21.7 Å². The number of carbonyl (C=O) groups excluding carboxylic acids is 2. The summed E-state index contributed by atoms with van der Waals surface area (Å²) >= 11 is 6.48. The van der Waals surface area contributed by atoms with Crippen LogP contribution in [0.15, 0.2) is 47.4 Å². The molecule has 1 heterocycles. The summed E-state index contributed by atoms with van der Waals surface area (Å²) in [5, 5.41) is 1.12. The van der Waals surface area contributed by atoms with Crippen LogP contribution < -0.4 is 14.9 Å². The first-order valence-electron chi connectivity index (χ1n) is 11.5. The normalized spacial score (nSPS) is 14.6. The molecule has 0 unspecified atom stereocenters. The van der Waals surface area contributed by atoms with E-state index in [2.05, 4.69) is 12.3 Å². The Morgan fingerprint density at radius 1 is 1.06 bits per heavy atom. The van der Waals surface area contributed by atoms with Crippen molar-refractivity contribution < 1.29 is 19.1 Å². The maximum Gasteiger partial charge on any atom is 0.285 e. The Morgan fingerprint density at radius 3 is 2.53 bits per heavy atom. The third-order valence-electron chi connectivity index (χ3n) is 5.14. The smallest absolute Gasteiger partial charge is 0.285 e. The van der Waals surface area contributed by atoms with Crippen molar-refractivity contribution in [2.75, 3.05) is 13.2 Å². The molecular weight excluding hydrogens is 468 g/mol. The van der Waals surface area contributed by atoms with Crippen LogP contribution in [-0.4, -0.2) is 34.4 Å². The van der Waals surface area contributed by atoms with Gasteiger partial charge in [-0.15, -0.1) is 0 Å². The molecule has 6 nitrogen and oxygen atoms in total. The average Bonchev–Trinajstić information content (AvgIpc) is 3.08. The van der Waals surface area contributed by atoms with Gasteiger partial charge in [0.15, 0.2) is 15.8 Å². The number of hydrazine groups is 1. The van der Waals surface area contributed by atoms with E-state index in [9.17, 15) is 9.59 Å². The number of amides is 2. The lowest BCUT2D eigenvalue weighted by atomic mass is 10.1. The maximum atomic E-state index is 12.9. The summed E-state index contributed by atoms with van der Waals surface area (Å²) < 4.78 is 11.9. The molecule has 0 bridgehead atoms. The van der Waals surface area contributed by atoms with Crippen LogP contribution in [-0.2, 0) is 4.79 Å². The Kier molecular flexibility index (Phi) is 9.53. The molecule has 2 aromatic carbocycles. The highest BCUT2D eigenvalue weighted by Crippen LogP contribution is 2.34. The lowest BCUT2D eigenvalue weighted by molar-refractivity contribution is -0.123. The van der Waals surface area contributed by atoms with E-state index in [0.717, 1.165) is 40.7 Å². The number of hydrogen-bond donors (Lipinski definition) is 1. The molecule has 0 atom stereocenters. The molecule has 2 amide bonds. The summed E-state index contributed by atoms with van der Waals surface area (Å²) in [7, 11) is 0. The van der Waals surface area contributed by atoms with Crippen LogP contribution in [0.3, 0.4) is 0 Å². The second kappa shape index (κ2) is 12.6. The first kappa shape index (κ1) is 25.8. The van der Waals surface area contributed by atoms with Gasteiger partial charge < -0.3 is 9.47 Å². The summed E-state index contributed by atoms with van der Waals surface area (Å²) in [6, 6.07) is 12.7. The van der Waals surface area contributed by atoms with Crippen molar-refractivity contribution >= 4 is 46.2 Å². The Hall–Kier alpha value is -2.84. The quantitative estimate of drug-likeness (QED) is 0.236. The van der Waals surface area contributed by atoms with Crippen LogP contribution in [0, 0.1) is 6.92 Å². The number of benzene rings is 2. The minimum Gasteiger partial charge on any atom is -0.490 e. The highest BCUT2D eigenvalue weighted by Gasteiger charge is 2.33. The lowest BCUT2D eigenvalue weighted by Gasteiger charge is -2.15. The SMILES string of the molecule is CCCCCCOc1ccc(/C=C2\SC(=S)N(NC(=O)c3ccc(C)cc3)C2=O)cc1OCC. The van der Waals surface area contributed by atoms with E-state index in [0.29, 0.717) is 35.2 Å². The first-order chi connectivity index (χ1) is 16.4. The van der Waals surface area contributed by atoms with Crippen LogP contribution in [0.4, 0.5) is 0 Å². The summed E-state index contributed by atoms with van der Waals surface area (Å²) in [4.78, 5) is 25.9. The topological polar surface area (TPSA) is 67.9 Å². The number of carbonyl (C=O) groups is 2. The number of unbranched alkanes of at least 4 members (excludes halogenated alkanes) is 3. The van der Waals surface area contributed by atoms with Crippen molar-refractivity contribution in [3.05, 3.63) is 64.1 Å². The van der Waals surface area contributed by atoms with Crippen molar-refractivity contribution in [1.82, 2.24) is 10.4 Å². The van der Waals surface area contributed by atoms with Crippen LogP contribution in [0.2, 0.25) is 0 Å². The molecule has 1 N–H and O–H groups in total. The van der Waals surface area contributed by atoms with Gasteiger partial charge in [-0.05, 0) is 68.4 Å². The van der Waals surface area contributed by atoms with Gasteiger partial charge in [0, 0.05) is 5.56 Å². The molecule has 0 radical (unpaired) electrons. The van der Waals surface area contributed by atoms with Gasteiger partial charge in [-0.2, -0.15) is 5.01 Å². The summed E-state index contributed by atoms with van der Waals surface area (Å²) in [5.74, 6) is 0.560. The van der Waals surface area contributed by atoms with Gasteiger partial charge in [0.05, 0.1) is 18.1 Å². The highest BCUT2D eigenvalue weighted by atomic mass is 32.2. The largest absolute Gasteiger partial charge is 0.490 e. The number of aryl methyl sites for hydroxylation is 1. The number of nitrogens with one attached hydrogen (secondary N) is 1. The Labute approximate surface area is 210 Å². The van der Waals surface area contributed by atoms with Crippen LogP contribution in [0.25, 0.3) is 6.08 Å². The molecule has 0 spiro atoms. The molecule has 8 heteroatoms. The number of rotatable bonds is 11. The van der Waals surface area contributed by atoms with Crippen molar-refractivity contribution in [2.45, 2.75) is 46.5 Å². The summed E-state index contributed by atoms with van der Waals surface area (Å²) in [6.45, 7) is 7.18. The highest BCUT2D eigenvalue weighted by molar-refractivity contribution is 8.26. The van der Waals surface area contributed by atoms with Gasteiger partial charge in [0.2, 0.25) is 0 Å². The van der Waals surface area contributed by atoms with Crippen LogP contribution >= 0.6 is 24.0 Å². The molecule has 180 valence electrons. The standard InChI is InChI=1S/C26H30N2O4S2/c1-4-6-7-8-15-32-21-14-11-19(16-22(21)31-5-2)17-23-25(30)28(26(33)34-23)27-24(29)20-12-9-18(3)10-13-20/h9-14,16-17H,4-8,15H2,1-3H3,(H,27,29)/b23-17-. The number of ether oxygens (including phenoxy) is 2. The molecule has 0 saturated carbocycles. The van der Waals surface area contributed by atoms with Gasteiger partial charge in [-0.25, -0.2) is 0 Å². The van der Waals surface area contributed by atoms with Gasteiger partial charge in [0.25, 0.3) is 11.8 Å². The van der Waals surface area contributed by atoms with Gasteiger partial charge in [-0.3, -0.25) is 15.0 Å². The Bertz CT molecular complexity index is 1070. The Morgan fingerprint density at radius 2 is 1.82 bits per heavy atom. The molecule has 1 saturated heterocycles. The van der Waals surface area contributed by atoms with E-state index in [1.165, 1.54) is 12.8 Å². The van der Waals surface area contributed by atoms with Crippen molar-refractivity contribution in [1.29, 1.82) is 0 Å². The third kappa shape index (κ3) is 6.84. The molecule has 1 aliphatic rings. The number of thiocarbonyl (C=S) groups is 1. The fourth-order valence-corrected chi connectivity index (χ4v) is 4.48. The minimum absolute atomic E-state index is 0.272. The van der Waals surface area contributed by atoms with Crippen LogP contribution in [0.5, 0.6) is 11.5 Å². The van der Waals surface area contributed by atoms with Crippen molar-refractivity contribution in [2.24, 2.45) is 0 Å². The summed E-state index contributed by atoms with van der Waals surface area (Å²) in [5.41, 5.74) is 4.89. The fraction of sp³-hybridized carbons (Fsp3) is 0.346. The zero-order valence-electron chi connectivity index (χ0n) is 19.8. The summed E-state index contributed by atoms with van der Waals surface area (Å²) in [6.07, 6.45) is 6.26. The molecule has 1 aliphatic heterocycles. The van der Waals surface area contributed by atoms with Crippen molar-refractivity contribution in [3.63, 3.8) is 0 Å². The van der Waals surface area contributed by atoms with Gasteiger partial charge in [0.1, 0.15) is 0 Å². The number of hydrogen-bond acceptors (Lipinski definition) is 6. The predicted molar refractivity (Wildman–Crippen MR) is 141 cm³/mol. The molecule has 0 aromatic heterocycles. The minimum atomic E-state index is -0.392. The average molecular weight is 499 g/mol. The lowest BCUT2D eigenvalue weighted by Crippen LogP contribution is -2.44. The molecule has 0 aliphatic carbocycles. The molecule has 1 fully saturated rings. The zero-order chi connectivity index (χ0) is 24.5. The van der Waals surface area contributed by atoms with E-state index < -0.39 is 5.91 Å². The third-order valence-corrected chi connectivity index (χ3v) is 6.44. The molecular formula is C26H30N2O4S2. The van der Waals surface area contributed by atoms with E-state index >= 15 is 0 Å². The second-order valence-corrected chi connectivity index (χ2v) is 9.55. The molecule has 34 heavy (non-hydrogen) atoms. The van der Waals surface area contributed by atoms with Crippen LogP contribution in [0.1, 0.15) is 61.0 Å². The molecule has 3 rings (SSSR count). The first-order valence-corrected chi connectivity index (χ1v) is 12.7. The maximum absolute atomic E-state index is 12.9. The van der Waals surface area contributed by atoms with Gasteiger partial charge >= 0.3 is 0 Å². The number of nitrogens with zero attached hydrogens (tertiary/aromatic N) is 1. The Balaban J connectivity index is 1.70. The van der Waals surface area contributed by atoms with E-state index in [1.807, 2.05) is 44.2 Å². The monoisotopic (exact) mass is 498 g/mol. The second-order valence-electron chi connectivity index (χ2n) is 7.87. The fourth-order valence-electron chi connectivity index (χ4n) is 3.30. The van der Waals surface area contributed by atoms with E-state index in [1.54, 1.807) is 18.2 Å². The number of thioether (sulfide) groups is 1. The van der Waals surface area contributed by atoms with Crippen molar-refractivity contribution in [3.8, 4) is 11.5 Å². The zero-order valence-corrected chi connectivity index (χ0v) is 21.4. The predicted octanol–water partition coefficient (Wildman–Crippen LogP) is 5.90. The van der Waals surface area contributed by atoms with Gasteiger partial charge in [-0.1, -0.05) is 61.7 Å².